The first kappa shape index (κ1) is 11.3. The van der Waals surface area contributed by atoms with Crippen LogP contribution in [0.5, 0.6) is 5.75 Å². The zero-order valence-electron chi connectivity index (χ0n) is 7.77. The Balaban J connectivity index is 3.56. The van der Waals surface area contributed by atoms with E-state index in [1.807, 2.05) is 0 Å². The highest BCUT2D eigenvalue weighted by Crippen LogP contribution is 2.36. The fourth-order valence-corrected chi connectivity index (χ4v) is 1.35. The topological polar surface area (TPSA) is 102 Å². The maximum atomic E-state index is 10.7. The van der Waals surface area contributed by atoms with Crippen LogP contribution < -0.4 is 5.84 Å². The van der Waals surface area contributed by atoms with Crippen LogP contribution in [0.2, 0.25) is 5.02 Å². The van der Waals surface area contributed by atoms with Gasteiger partial charge in [0.1, 0.15) is 0 Å². The van der Waals surface area contributed by atoms with E-state index in [0.29, 0.717) is 0 Å². The van der Waals surface area contributed by atoms with Crippen LogP contribution in [-0.4, -0.2) is 16.2 Å². The van der Waals surface area contributed by atoms with Gasteiger partial charge in [-0.15, -0.1) is 0 Å². The summed E-state index contributed by atoms with van der Waals surface area (Å²) in [5.41, 5.74) is -0.120. The third-order valence-corrected chi connectivity index (χ3v) is 2.28. The Bertz CT molecular complexity index is 445. The number of nitrogens with zero attached hydrogens (tertiary/aromatic N) is 2. The number of hydrazone groups is 1. The molecule has 0 atom stereocenters. The van der Waals surface area contributed by atoms with Gasteiger partial charge < -0.3 is 10.9 Å². The minimum absolute atomic E-state index is 0.111. The first-order valence-electron chi connectivity index (χ1n) is 3.88. The van der Waals surface area contributed by atoms with E-state index in [-0.39, 0.29) is 16.1 Å². The highest BCUT2D eigenvalue weighted by molar-refractivity contribution is 6.32. The van der Waals surface area contributed by atoms with E-state index < -0.39 is 16.4 Å². The molecule has 0 aliphatic rings. The van der Waals surface area contributed by atoms with Crippen LogP contribution >= 0.6 is 11.6 Å². The molecule has 6 nitrogen and oxygen atoms in total. The van der Waals surface area contributed by atoms with Gasteiger partial charge in [-0.2, -0.15) is 5.10 Å². The molecule has 0 heterocycles. The smallest absolute Gasteiger partial charge is 0.315 e. The lowest BCUT2D eigenvalue weighted by Gasteiger charge is -2.04. The summed E-state index contributed by atoms with van der Waals surface area (Å²) >= 11 is 5.75. The van der Waals surface area contributed by atoms with Gasteiger partial charge in [-0.1, -0.05) is 11.6 Å². The molecule has 0 amide bonds. The second kappa shape index (κ2) is 4.14. The first-order chi connectivity index (χ1) is 6.99. The molecule has 0 aromatic heterocycles. The van der Waals surface area contributed by atoms with Gasteiger partial charge in [-0.25, -0.2) is 0 Å². The Morgan fingerprint density at radius 2 is 2.33 bits per heavy atom. The molecule has 3 N–H and O–H groups in total. The van der Waals surface area contributed by atoms with Crippen molar-refractivity contribution in [3.05, 3.63) is 32.3 Å². The van der Waals surface area contributed by atoms with E-state index in [0.717, 1.165) is 6.21 Å². The van der Waals surface area contributed by atoms with Gasteiger partial charge in [-0.05, 0) is 13.0 Å². The molecule has 0 unspecified atom stereocenters. The molecule has 15 heavy (non-hydrogen) atoms. The van der Waals surface area contributed by atoms with E-state index in [2.05, 4.69) is 5.10 Å². The number of halogens is 1. The van der Waals surface area contributed by atoms with Gasteiger partial charge in [0.05, 0.1) is 16.2 Å². The summed E-state index contributed by atoms with van der Waals surface area (Å²) in [7, 11) is 0. The number of hydrogen-bond donors (Lipinski definition) is 2. The largest absolute Gasteiger partial charge is 0.502 e. The minimum Gasteiger partial charge on any atom is -0.502 e. The van der Waals surface area contributed by atoms with Crippen molar-refractivity contribution in [3.8, 4) is 5.75 Å². The summed E-state index contributed by atoms with van der Waals surface area (Å²) in [4.78, 5) is 9.96. The van der Waals surface area contributed by atoms with Gasteiger partial charge in [-0.3, -0.25) is 10.1 Å². The van der Waals surface area contributed by atoms with Crippen LogP contribution in [0.4, 0.5) is 5.69 Å². The third-order valence-electron chi connectivity index (χ3n) is 1.89. The summed E-state index contributed by atoms with van der Waals surface area (Å²) < 4.78 is 0. The van der Waals surface area contributed by atoms with Crippen LogP contribution in [-0.2, 0) is 0 Å². The van der Waals surface area contributed by atoms with Gasteiger partial charge in [0.25, 0.3) is 0 Å². The Kier molecular flexibility index (Phi) is 3.11. The lowest BCUT2D eigenvalue weighted by molar-refractivity contribution is -0.386. The quantitative estimate of drug-likeness (QED) is 0.348. The van der Waals surface area contributed by atoms with E-state index in [1.165, 1.54) is 13.0 Å². The zero-order chi connectivity index (χ0) is 11.6. The number of nitro groups is 1. The number of benzene rings is 1. The summed E-state index contributed by atoms with van der Waals surface area (Å²) in [6.07, 6.45) is 1.09. The van der Waals surface area contributed by atoms with Gasteiger partial charge in [0.15, 0.2) is 0 Å². The van der Waals surface area contributed by atoms with Gasteiger partial charge in [0.2, 0.25) is 5.75 Å². The normalized spacial score (nSPS) is 10.8. The molecule has 7 heteroatoms. The Morgan fingerprint density at radius 3 is 2.80 bits per heavy atom. The number of phenols is 1. The number of aromatic hydroxyl groups is 1. The monoisotopic (exact) mass is 229 g/mol. The van der Waals surface area contributed by atoms with Crippen molar-refractivity contribution >= 4 is 23.5 Å². The van der Waals surface area contributed by atoms with E-state index in [1.54, 1.807) is 0 Å². The van der Waals surface area contributed by atoms with E-state index in [9.17, 15) is 15.2 Å². The van der Waals surface area contributed by atoms with Crippen molar-refractivity contribution < 1.29 is 10.0 Å². The lowest BCUT2D eigenvalue weighted by atomic mass is 10.1. The van der Waals surface area contributed by atoms with E-state index in [4.69, 9.17) is 17.4 Å². The molecule has 1 aromatic carbocycles. The molecular weight excluding hydrogens is 222 g/mol. The molecule has 0 bridgehead atoms. The molecule has 0 aliphatic heterocycles. The van der Waals surface area contributed by atoms with E-state index >= 15 is 0 Å². The fourth-order valence-electron chi connectivity index (χ4n) is 1.14. The summed E-state index contributed by atoms with van der Waals surface area (Å²) in [6.45, 7) is 1.45. The summed E-state index contributed by atoms with van der Waals surface area (Å²) in [5, 5.41) is 23.6. The van der Waals surface area contributed by atoms with Crippen LogP contribution in [0.25, 0.3) is 0 Å². The average Bonchev–Trinajstić information content (AvgIpc) is 2.14. The average molecular weight is 230 g/mol. The number of nitrogens with two attached hydrogens (primary N) is 1. The summed E-state index contributed by atoms with van der Waals surface area (Å²) in [5.74, 6) is 4.40. The maximum Gasteiger partial charge on any atom is 0.315 e. The predicted octanol–water partition coefficient (Wildman–Crippen LogP) is 1.55. The van der Waals surface area contributed by atoms with Crippen molar-refractivity contribution in [1.29, 1.82) is 0 Å². The number of hydrogen-bond acceptors (Lipinski definition) is 5. The van der Waals surface area contributed by atoms with Crippen molar-refractivity contribution in [1.82, 2.24) is 0 Å². The van der Waals surface area contributed by atoms with Crippen LogP contribution in [0, 0.1) is 17.0 Å². The van der Waals surface area contributed by atoms with Gasteiger partial charge in [0, 0.05) is 11.1 Å². The Morgan fingerprint density at radius 1 is 1.73 bits per heavy atom. The maximum absolute atomic E-state index is 10.7. The highest BCUT2D eigenvalue weighted by Gasteiger charge is 2.22. The zero-order valence-corrected chi connectivity index (χ0v) is 8.52. The van der Waals surface area contributed by atoms with Crippen LogP contribution in [0.3, 0.4) is 0 Å². The predicted molar refractivity (Wildman–Crippen MR) is 56.3 cm³/mol. The minimum atomic E-state index is -0.704. The van der Waals surface area contributed by atoms with Crippen molar-refractivity contribution in [3.63, 3.8) is 0 Å². The van der Waals surface area contributed by atoms with Crippen molar-refractivity contribution in [2.75, 3.05) is 0 Å². The molecule has 0 saturated carbocycles. The Labute approximate surface area is 90.1 Å². The summed E-state index contributed by atoms with van der Waals surface area (Å²) in [6, 6.07) is 1.36. The van der Waals surface area contributed by atoms with Gasteiger partial charge >= 0.3 is 5.69 Å². The molecule has 0 fully saturated rings. The van der Waals surface area contributed by atoms with Crippen molar-refractivity contribution in [2.24, 2.45) is 10.9 Å². The van der Waals surface area contributed by atoms with Crippen LogP contribution in [0.15, 0.2) is 11.2 Å². The number of rotatable bonds is 2. The second-order valence-corrected chi connectivity index (χ2v) is 3.21. The third kappa shape index (κ3) is 1.99. The standard InChI is InChI=1S/C8H8ClN3O3/c1-4-6(9)2-5(3-11-10)8(13)7(4)12(14)15/h2-3,13H,10H2,1H3. The molecule has 1 rings (SSSR count). The first-order valence-corrected chi connectivity index (χ1v) is 4.26. The number of phenolic OH excluding ortho intramolecular Hbond substituents is 1. The lowest BCUT2D eigenvalue weighted by Crippen LogP contribution is -1.97. The molecule has 0 radical (unpaired) electrons. The Hall–Kier alpha value is -1.82. The fraction of sp³-hybridized carbons (Fsp3) is 0.125. The number of nitro benzene ring substituents is 1. The molecule has 0 saturated heterocycles. The molecule has 1 aromatic rings. The van der Waals surface area contributed by atoms with Crippen molar-refractivity contribution in [2.45, 2.75) is 6.92 Å². The molecule has 0 spiro atoms. The second-order valence-electron chi connectivity index (χ2n) is 2.81. The van der Waals surface area contributed by atoms with Crippen LogP contribution in [0.1, 0.15) is 11.1 Å². The molecule has 80 valence electrons. The highest BCUT2D eigenvalue weighted by atomic mass is 35.5. The molecule has 0 aliphatic carbocycles. The SMILES string of the molecule is Cc1c(Cl)cc(C=NN)c(O)c1[N+](=O)[O-]. The molecular formula is C8H8ClN3O3.